The number of β-amino-alcohol motifs (C(OH)–C–C–N with tert-alkyl or cyclic N) is 1. The normalized spacial score (nSPS) is 18.8. The van der Waals surface area contributed by atoms with Crippen LogP contribution in [0.2, 0.25) is 5.02 Å². The van der Waals surface area contributed by atoms with Gasteiger partial charge in [-0.05, 0) is 43.3 Å². The van der Waals surface area contributed by atoms with E-state index in [4.69, 9.17) is 16.3 Å². The second kappa shape index (κ2) is 7.00. The Morgan fingerprint density at radius 1 is 1.32 bits per heavy atom. The van der Waals surface area contributed by atoms with Gasteiger partial charge in [-0.1, -0.05) is 23.7 Å². The first-order valence-corrected chi connectivity index (χ1v) is 8.04. The quantitative estimate of drug-likeness (QED) is 0.860. The lowest BCUT2D eigenvalue weighted by atomic mass is 10.2. The highest BCUT2D eigenvalue weighted by Gasteiger charge is 2.46. The van der Waals surface area contributed by atoms with E-state index in [1.54, 1.807) is 26.0 Å². The predicted molar refractivity (Wildman–Crippen MR) is 85.9 cm³/mol. The Bertz CT molecular complexity index is 561. The molecule has 0 aliphatic carbocycles. The van der Waals surface area contributed by atoms with Gasteiger partial charge in [0.2, 0.25) is 5.91 Å². The monoisotopic (exact) mass is 343 g/mol. The molecule has 1 aliphatic rings. The lowest BCUT2D eigenvalue weighted by Crippen LogP contribution is -2.41. The topological polar surface area (TPSA) is 66.8 Å². The van der Waals surface area contributed by atoms with Crippen LogP contribution in [-0.4, -0.2) is 45.2 Å². The molecule has 22 heavy (non-hydrogen) atoms. The van der Waals surface area contributed by atoms with Crippen LogP contribution in [0.5, 0.6) is 0 Å². The van der Waals surface area contributed by atoms with Crippen molar-refractivity contribution < 1.29 is 19.4 Å². The van der Waals surface area contributed by atoms with Gasteiger partial charge in [-0.3, -0.25) is 14.5 Å². The molecule has 0 bridgehead atoms. The summed E-state index contributed by atoms with van der Waals surface area (Å²) in [5.41, 5.74) is 0.932. The van der Waals surface area contributed by atoms with Gasteiger partial charge >= 0.3 is 0 Å². The first-order chi connectivity index (χ1) is 10.3. The van der Waals surface area contributed by atoms with Crippen molar-refractivity contribution in [3.63, 3.8) is 0 Å². The zero-order valence-electron chi connectivity index (χ0n) is 12.4. The largest absolute Gasteiger partial charge is 0.389 e. The van der Waals surface area contributed by atoms with Crippen molar-refractivity contribution in [1.29, 1.82) is 0 Å². The third kappa shape index (κ3) is 4.23. The second-order valence-corrected chi connectivity index (χ2v) is 7.60. The summed E-state index contributed by atoms with van der Waals surface area (Å²) in [5.74, 6) is -0.278. The minimum Gasteiger partial charge on any atom is -0.389 e. The number of hydrogen-bond donors (Lipinski definition) is 1. The summed E-state index contributed by atoms with van der Waals surface area (Å²) >= 11 is 6.77. The van der Waals surface area contributed by atoms with E-state index in [1.165, 1.54) is 0 Å². The van der Waals surface area contributed by atoms with E-state index < -0.39 is 10.9 Å². The van der Waals surface area contributed by atoms with Crippen LogP contribution in [0.1, 0.15) is 19.4 Å². The number of benzene rings is 1. The molecule has 1 N–H and O–H groups in total. The van der Waals surface area contributed by atoms with Crippen LogP contribution in [0, 0.1) is 0 Å². The highest BCUT2D eigenvalue weighted by Crippen LogP contribution is 2.36. The van der Waals surface area contributed by atoms with Crippen molar-refractivity contribution in [3.05, 3.63) is 34.9 Å². The lowest BCUT2D eigenvalue weighted by molar-refractivity contribution is -0.130. The molecular weight excluding hydrogens is 326 g/mol. The van der Waals surface area contributed by atoms with E-state index in [2.05, 4.69) is 0 Å². The number of imide groups is 1. The van der Waals surface area contributed by atoms with Crippen molar-refractivity contribution in [3.8, 4) is 0 Å². The first kappa shape index (κ1) is 17.3. The molecule has 2 amide bonds. The van der Waals surface area contributed by atoms with Crippen LogP contribution in [0.3, 0.4) is 0 Å². The molecule has 1 heterocycles. The summed E-state index contributed by atoms with van der Waals surface area (Å²) in [7, 11) is 0. The van der Waals surface area contributed by atoms with Crippen LogP contribution >= 0.6 is 23.4 Å². The zero-order chi connectivity index (χ0) is 16.3. The van der Waals surface area contributed by atoms with Gasteiger partial charge in [0.25, 0.3) is 5.24 Å². The number of thioether (sulfide) groups is 1. The maximum Gasteiger partial charge on any atom is 0.289 e. The molecule has 1 unspecified atom stereocenters. The summed E-state index contributed by atoms with van der Waals surface area (Å²) in [4.78, 5) is 24.9. The number of amides is 2. The number of aliphatic hydroxyl groups is 1. The molecule has 1 aromatic rings. The number of ether oxygens (including phenoxy) is 1. The molecular formula is C15H18ClNO4S. The van der Waals surface area contributed by atoms with E-state index >= 15 is 0 Å². The minimum absolute atomic E-state index is 0.0464. The average Bonchev–Trinajstić information content (AvgIpc) is 2.63. The zero-order valence-corrected chi connectivity index (χ0v) is 14.0. The number of aliphatic hydroxyl groups excluding tert-OH is 1. The number of hydrogen-bond acceptors (Lipinski definition) is 5. The second-order valence-electron chi connectivity index (χ2n) is 5.59. The van der Waals surface area contributed by atoms with Crippen molar-refractivity contribution >= 4 is 34.5 Å². The molecule has 120 valence electrons. The van der Waals surface area contributed by atoms with E-state index in [1.807, 2.05) is 12.1 Å². The van der Waals surface area contributed by atoms with Crippen LogP contribution in [0.4, 0.5) is 4.79 Å². The summed E-state index contributed by atoms with van der Waals surface area (Å²) < 4.78 is 4.64. The number of carbonyl (C=O) groups is 2. The highest BCUT2D eigenvalue weighted by molar-refractivity contribution is 8.16. The van der Waals surface area contributed by atoms with Crippen molar-refractivity contribution in [2.75, 3.05) is 13.2 Å². The van der Waals surface area contributed by atoms with Crippen molar-refractivity contribution in [2.24, 2.45) is 0 Å². The van der Waals surface area contributed by atoms with Gasteiger partial charge in [0.1, 0.15) is 0 Å². The Kier molecular flexibility index (Phi) is 5.50. The number of carbonyl (C=O) groups excluding carboxylic acids is 2. The van der Waals surface area contributed by atoms with Gasteiger partial charge in [-0.2, -0.15) is 0 Å². The standard InChI is InChI=1S/C15H18ClNO4S/c1-15(2)13(19)17(14(20)22-15)7-12(18)9-21-8-10-3-5-11(16)6-4-10/h3-6,12,18H,7-9H2,1-2H3. The van der Waals surface area contributed by atoms with Crippen LogP contribution in [-0.2, 0) is 16.1 Å². The predicted octanol–water partition coefficient (Wildman–Crippen LogP) is 2.69. The maximum atomic E-state index is 12.0. The van der Waals surface area contributed by atoms with E-state index in [9.17, 15) is 14.7 Å². The van der Waals surface area contributed by atoms with Crippen LogP contribution in [0.25, 0.3) is 0 Å². The highest BCUT2D eigenvalue weighted by atomic mass is 35.5. The van der Waals surface area contributed by atoms with E-state index in [0.29, 0.717) is 11.6 Å². The molecule has 0 spiro atoms. The van der Waals surface area contributed by atoms with Crippen molar-refractivity contribution in [1.82, 2.24) is 4.90 Å². The molecule has 5 nitrogen and oxygen atoms in total. The third-order valence-corrected chi connectivity index (χ3v) is 4.54. The fourth-order valence-electron chi connectivity index (χ4n) is 2.04. The van der Waals surface area contributed by atoms with E-state index in [-0.39, 0.29) is 24.3 Å². The van der Waals surface area contributed by atoms with E-state index in [0.717, 1.165) is 22.2 Å². The Morgan fingerprint density at radius 3 is 2.50 bits per heavy atom. The number of nitrogens with zero attached hydrogens (tertiary/aromatic N) is 1. The summed E-state index contributed by atoms with van der Waals surface area (Å²) in [5, 5.41) is 10.3. The van der Waals surface area contributed by atoms with Gasteiger partial charge in [-0.25, -0.2) is 0 Å². The lowest BCUT2D eigenvalue weighted by Gasteiger charge is -2.19. The minimum atomic E-state index is -0.908. The summed E-state index contributed by atoms with van der Waals surface area (Å²) in [6, 6.07) is 7.19. The Hall–Kier alpha value is -1.08. The fraction of sp³-hybridized carbons (Fsp3) is 0.467. The Morgan fingerprint density at radius 2 is 1.95 bits per heavy atom. The number of rotatable bonds is 6. The Labute approximate surface area is 138 Å². The fourth-order valence-corrected chi connectivity index (χ4v) is 3.07. The maximum absolute atomic E-state index is 12.0. The van der Waals surface area contributed by atoms with Crippen LogP contribution in [0.15, 0.2) is 24.3 Å². The molecule has 1 aliphatic heterocycles. The average molecular weight is 344 g/mol. The summed E-state index contributed by atoms with van der Waals surface area (Å²) in [6.45, 7) is 3.72. The van der Waals surface area contributed by atoms with Gasteiger partial charge in [-0.15, -0.1) is 0 Å². The van der Waals surface area contributed by atoms with Gasteiger partial charge in [0.15, 0.2) is 0 Å². The molecule has 2 rings (SSSR count). The van der Waals surface area contributed by atoms with Gasteiger partial charge < -0.3 is 9.84 Å². The third-order valence-electron chi connectivity index (χ3n) is 3.21. The van der Waals surface area contributed by atoms with Crippen molar-refractivity contribution in [2.45, 2.75) is 31.3 Å². The molecule has 1 atom stereocenters. The van der Waals surface area contributed by atoms with Crippen LogP contribution < -0.4 is 0 Å². The van der Waals surface area contributed by atoms with Gasteiger partial charge in [0.05, 0.1) is 30.6 Å². The molecule has 0 aromatic heterocycles. The Balaban J connectivity index is 1.78. The molecule has 7 heteroatoms. The summed E-state index contributed by atoms with van der Waals surface area (Å²) in [6.07, 6.45) is -0.908. The molecule has 0 radical (unpaired) electrons. The first-order valence-electron chi connectivity index (χ1n) is 6.85. The SMILES string of the molecule is CC1(C)SC(=O)N(CC(O)COCc2ccc(Cl)cc2)C1=O. The smallest absolute Gasteiger partial charge is 0.289 e. The molecule has 1 saturated heterocycles. The molecule has 0 saturated carbocycles. The molecule has 1 fully saturated rings. The number of halogens is 1. The van der Waals surface area contributed by atoms with Gasteiger partial charge in [0, 0.05) is 5.02 Å². The molecule has 1 aromatic carbocycles.